The summed E-state index contributed by atoms with van der Waals surface area (Å²) >= 11 is 0. The largest absolute Gasteiger partial charge is 0.573 e. The fourth-order valence-corrected chi connectivity index (χ4v) is 3.74. The monoisotopic (exact) mass is 422 g/mol. The van der Waals surface area contributed by atoms with Gasteiger partial charge in [-0.2, -0.15) is 0 Å². The van der Waals surface area contributed by atoms with Crippen molar-refractivity contribution < 1.29 is 32.2 Å². The van der Waals surface area contributed by atoms with E-state index in [1.54, 1.807) is 30.3 Å². The zero-order chi connectivity index (χ0) is 22.0. The van der Waals surface area contributed by atoms with E-state index in [2.05, 4.69) is 4.74 Å². The number of ether oxygens (including phenoxy) is 3. The number of para-hydroxylation sites is 1. The first-order valence-electron chi connectivity index (χ1n) is 9.85. The van der Waals surface area contributed by atoms with Crippen LogP contribution in [0.15, 0.2) is 48.5 Å². The van der Waals surface area contributed by atoms with E-state index in [-0.39, 0.29) is 16.7 Å². The molecule has 0 radical (unpaired) electrons. The molecule has 0 aromatic heterocycles. The van der Waals surface area contributed by atoms with Gasteiger partial charge in [-0.15, -0.1) is 13.2 Å². The summed E-state index contributed by atoms with van der Waals surface area (Å²) in [4.78, 5) is 12.5. The third-order valence-electron chi connectivity index (χ3n) is 5.44. The fourth-order valence-electron chi connectivity index (χ4n) is 3.74. The van der Waals surface area contributed by atoms with Crippen LogP contribution in [0.2, 0.25) is 0 Å². The van der Waals surface area contributed by atoms with Gasteiger partial charge >= 0.3 is 12.3 Å². The summed E-state index contributed by atoms with van der Waals surface area (Å²) in [5.74, 6) is -0.954. The summed E-state index contributed by atoms with van der Waals surface area (Å²) in [6.45, 7) is 5.99. The summed E-state index contributed by atoms with van der Waals surface area (Å²) < 4.78 is 54.5. The number of carbonyl (C=O) groups excluding carboxylic acids is 1. The molecular weight excluding hydrogens is 397 g/mol. The lowest BCUT2D eigenvalue weighted by atomic mass is 9.75. The number of carbonyl (C=O) groups is 1. The maximum atomic E-state index is 12.9. The first-order chi connectivity index (χ1) is 14.0. The summed E-state index contributed by atoms with van der Waals surface area (Å²) in [5, 5.41) is 0. The molecule has 0 bridgehead atoms. The van der Waals surface area contributed by atoms with Crippen LogP contribution in [0.25, 0.3) is 0 Å². The predicted molar refractivity (Wildman–Crippen MR) is 106 cm³/mol. The van der Waals surface area contributed by atoms with Gasteiger partial charge in [0.05, 0.1) is 5.56 Å². The van der Waals surface area contributed by atoms with Crippen LogP contribution in [0.5, 0.6) is 17.2 Å². The van der Waals surface area contributed by atoms with E-state index in [9.17, 15) is 18.0 Å². The molecule has 0 spiro atoms. The van der Waals surface area contributed by atoms with Crippen LogP contribution in [0.3, 0.4) is 0 Å². The average Bonchev–Trinajstić information content (AvgIpc) is 3.13. The molecule has 4 nitrogen and oxygen atoms in total. The van der Waals surface area contributed by atoms with Crippen LogP contribution in [-0.4, -0.2) is 17.9 Å². The van der Waals surface area contributed by atoms with Crippen molar-refractivity contribution in [2.24, 2.45) is 5.41 Å². The van der Waals surface area contributed by atoms with Crippen LogP contribution < -0.4 is 14.2 Å². The standard InChI is InChI=1S/C23H25F3O4/c1-21(2,3)22(13-7-8-14-22)29-19-15-16(11-12-18(19)30-23(24,25)26)20(27)28-17-9-5-4-6-10-17/h4-6,9-12,15H,7-8,13-14H2,1-3H3. The van der Waals surface area contributed by atoms with Crippen molar-refractivity contribution in [2.45, 2.75) is 58.4 Å². The maximum Gasteiger partial charge on any atom is 0.573 e. The quantitative estimate of drug-likeness (QED) is 0.405. The predicted octanol–water partition coefficient (Wildman–Crippen LogP) is 6.54. The third-order valence-corrected chi connectivity index (χ3v) is 5.44. The molecule has 30 heavy (non-hydrogen) atoms. The minimum absolute atomic E-state index is 0.0745. The molecule has 1 aliphatic carbocycles. The number of esters is 1. The van der Waals surface area contributed by atoms with Crippen LogP contribution >= 0.6 is 0 Å². The Labute approximate surface area is 173 Å². The van der Waals surface area contributed by atoms with Crippen molar-refractivity contribution in [3.8, 4) is 17.2 Å². The van der Waals surface area contributed by atoms with Gasteiger partial charge in [0.2, 0.25) is 0 Å². The Morgan fingerprint density at radius 3 is 2.13 bits per heavy atom. The molecule has 1 aliphatic rings. The van der Waals surface area contributed by atoms with Crippen LogP contribution in [0.1, 0.15) is 56.8 Å². The molecule has 1 fully saturated rings. The van der Waals surface area contributed by atoms with Gasteiger partial charge in [-0.3, -0.25) is 0 Å². The highest BCUT2D eigenvalue weighted by Crippen LogP contribution is 2.48. The second-order valence-electron chi connectivity index (χ2n) is 8.47. The van der Waals surface area contributed by atoms with E-state index >= 15 is 0 Å². The smallest absolute Gasteiger partial charge is 0.483 e. The lowest BCUT2D eigenvalue weighted by Crippen LogP contribution is -2.45. The Kier molecular flexibility index (Phi) is 6.01. The van der Waals surface area contributed by atoms with Crippen molar-refractivity contribution in [3.63, 3.8) is 0 Å². The molecule has 2 aromatic rings. The molecule has 0 amide bonds. The molecule has 3 rings (SSSR count). The van der Waals surface area contributed by atoms with E-state index in [4.69, 9.17) is 9.47 Å². The second kappa shape index (κ2) is 8.20. The van der Waals surface area contributed by atoms with Gasteiger partial charge in [0, 0.05) is 5.41 Å². The Hall–Kier alpha value is -2.70. The highest BCUT2D eigenvalue weighted by atomic mass is 19.4. The maximum absolute atomic E-state index is 12.9. The SMILES string of the molecule is CC(C)(C)C1(Oc2cc(C(=O)Oc3ccccc3)ccc2OC(F)(F)F)CCCC1. The van der Waals surface area contributed by atoms with Crippen molar-refractivity contribution in [1.82, 2.24) is 0 Å². The molecule has 0 unspecified atom stereocenters. The van der Waals surface area contributed by atoms with E-state index in [0.717, 1.165) is 18.9 Å². The second-order valence-corrected chi connectivity index (χ2v) is 8.47. The zero-order valence-corrected chi connectivity index (χ0v) is 17.2. The number of alkyl halides is 3. The van der Waals surface area contributed by atoms with Gasteiger partial charge in [0.15, 0.2) is 11.5 Å². The molecule has 0 atom stereocenters. The molecule has 0 saturated heterocycles. The van der Waals surface area contributed by atoms with E-state index in [1.807, 2.05) is 20.8 Å². The minimum atomic E-state index is -4.88. The molecule has 2 aromatic carbocycles. The van der Waals surface area contributed by atoms with Crippen molar-refractivity contribution in [2.75, 3.05) is 0 Å². The Morgan fingerprint density at radius 1 is 0.933 bits per heavy atom. The number of halogens is 3. The van der Waals surface area contributed by atoms with Crippen LogP contribution in [0.4, 0.5) is 13.2 Å². The van der Waals surface area contributed by atoms with Gasteiger partial charge in [-0.1, -0.05) is 39.0 Å². The van der Waals surface area contributed by atoms with E-state index in [1.165, 1.54) is 12.1 Å². The Bertz CT molecular complexity index is 880. The summed E-state index contributed by atoms with van der Waals surface area (Å²) in [7, 11) is 0. The highest BCUT2D eigenvalue weighted by Gasteiger charge is 2.47. The molecular formula is C23H25F3O4. The summed E-state index contributed by atoms with van der Waals surface area (Å²) in [6.07, 6.45) is -1.62. The fraction of sp³-hybridized carbons (Fsp3) is 0.435. The van der Waals surface area contributed by atoms with Crippen molar-refractivity contribution >= 4 is 5.97 Å². The van der Waals surface area contributed by atoms with Gasteiger partial charge < -0.3 is 14.2 Å². The third kappa shape index (κ3) is 5.07. The topological polar surface area (TPSA) is 44.8 Å². The van der Waals surface area contributed by atoms with Gasteiger partial charge in [-0.05, 0) is 56.0 Å². The molecule has 0 heterocycles. The molecule has 0 N–H and O–H groups in total. The highest BCUT2D eigenvalue weighted by molar-refractivity contribution is 5.91. The first-order valence-corrected chi connectivity index (χ1v) is 9.85. The minimum Gasteiger partial charge on any atom is -0.483 e. The Morgan fingerprint density at radius 2 is 1.57 bits per heavy atom. The lowest BCUT2D eigenvalue weighted by molar-refractivity contribution is -0.275. The van der Waals surface area contributed by atoms with Crippen LogP contribution in [-0.2, 0) is 0 Å². The first kappa shape index (κ1) is 22.0. The normalized spacial score (nSPS) is 16.2. The number of rotatable bonds is 5. The zero-order valence-electron chi connectivity index (χ0n) is 17.2. The van der Waals surface area contributed by atoms with Crippen molar-refractivity contribution in [3.05, 3.63) is 54.1 Å². The number of hydrogen-bond donors (Lipinski definition) is 0. The van der Waals surface area contributed by atoms with Gasteiger partial charge in [0.1, 0.15) is 11.4 Å². The molecule has 0 aliphatic heterocycles. The van der Waals surface area contributed by atoms with Crippen molar-refractivity contribution in [1.29, 1.82) is 0 Å². The Balaban J connectivity index is 1.95. The molecule has 7 heteroatoms. The molecule has 162 valence electrons. The summed E-state index contributed by atoms with van der Waals surface area (Å²) in [6, 6.07) is 12.0. The average molecular weight is 422 g/mol. The number of benzene rings is 2. The van der Waals surface area contributed by atoms with Gasteiger partial charge in [0.25, 0.3) is 0 Å². The van der Waals surface area contributed by atoms with Crippen LogP contribution in [0, 0.1) is 5.41 Å². The van der Waals surface area contributed by atoms with E-state index < -0.39 is 23.7 Å². The van der Waals surface area contributed by atoms with E-state index in [0.29, 0.717) is 18.6 Å². The number of hydrogen-bond acceptors (Lipinski definition) is 4. The van der Waals surface area contributed by atoms with Gasteiger partial charge in [-0.25, -0.2) is 4.79 Å². The molecule has 1 saturated carbocycles. The lowest BCUT2D eigenvalue weighted by Gasteiger charge is -2.42. The summed E-state index contributed by atoms with van der Waals surface area (Å²) in [5.41, 5.74) is -0.900.